The third-order valence-corrected chi connectivity index (χ3v) is 5.57. The zero-order valence-corrected chi connectivity index (χ0v) is 15.4. The highest BCUT2D eigenvalue weighted by atomic mass is 31.2. The van der Waals surface area contributed by atoms with Crippen LogP contribution in [0.5, 0.6) is 5.88 Å². The van der Waals surface area contributed by atoms with Crippen LogP contribution in [-0.4, -0.2) is 33.3 Å². The highest BCUT2D eigenvalue weighted by Crippen LogP contribution is 2.45. The number of primary amides is 1. The molecule has 2 unspecified atom stereocenters. The summed E-state index contributed by atoms with van der Waals surface area (Å²) < 4.78 is 24.5. The van der Waals surface area contributed by atoms with Crippen molar-refractivity contribution < 1.29 is 28.2 Å². The van der Waals surface area contributed by atoms with Gasteiger partial charge in [-0.15, -0.1) is 0 Å². The van der Waals surface area contributed by atoms with Crippen molar-refractivity contribution in [1.82, 2.24) is 9.55 Å². The van der Waals surface area contributed by atoms with Crippen LogP contribution in [-0.2, 0) is 31.5 Å². The fraction of sp³-hybridized carbons (Fsp3) is 0.412. The first kappa shape index (κ1) is 18.3. The predicted octanol–water partition coefficient (Wildman–Crippen LogP) is 2.36. The minimum atomic E-state index is -1.45. The van der Waals surface area contributed by atoms with E-state index in [1.807, 2.05) is 24.3 Å². The number of hydrogen-bond donors (Lipinski definition) is 2. The van der Waals surface area contributed by atoms with Gasteiger partial charge in [-0.3, -0.25) is 9.36 Å². The summed E-state index contributed by atoms with van der Waals surface area (Å²) in [6, 6.07) is 7.97. The summed E-state index contributed by atoms with van der Waals surface area (Å²) in [7, 11) is -1.45. The van der Waals surface area contributed by atoms with Crippen LogP contribution in [0.4, 0.5) is 0 Å². The lowest BCUT2D eigenvalue weighted by molar-refractivity contribution is -0.0244. The number of aromatic hydroxyl groups is 1. The average molecular weight is 393 g/mol. The highest BCUT2D eigenvalue weighted by Gasteiger charge is 2.31. The molecule has 9 nitrogen and oxygen atoms in total. The number of fused-ring (bicyclic) bond motifs is 1. The van der Waals surface area contributed by atoms with Gasteiger partial charge in [0.1, 0.15) is 12.6 Å². The van der Waals surface area contributed by atoms with Crippen LogP contribution in [0.15, 0.2) is 30.6 Å². The third-order valence-electron chi connectivity index (χ3n) is 4.53. The van der Waals surface area contributed by atoms with E-state index in [9.17, 15) is 9.90 Å². The van der Waals surface area contributed by atoms with Crippen molar-refractivity contribution in [3.8, 4) is 5.88 Å². The molecule has 2 atom stereocenters. The van der Waals surface area contributed by atoms with Crippen molar-refractivity contribution in [3.63, 3.8) is 0 Å². The lowest BCUT2D eigenvalue weighted by Crippen LogP contribution is -2.16. The summed E-state index contributed by atoms with van der Waals surface area (Å²) in [6.07, 6.45) is 2.14. The Labute approximate surface area is 157 Å². The largest absolute Gasteiger partial charge is 0.493 e. The molecular weight excluding hydrogens is 373 g/mol. The van der Waals surface area contributed by atoms with Crippen LogP contribution in [0.25, 0.3) is 0 Å². The van der Waals surface area contributed by atoms with Gasteiger partial charge in [-0.2, -0.15) is 0 Å². The molecule has 2 aliphatic heterocycles. The zero-order chi connectivity index (χ0) is 18.8. The second kappa shape index (κ2) is 7.92. The number of ether oxygens (including phenoxy) is 1. The highest BCUT2D eigenvalue weighted by molar-refractivity contribution is 7.41. The van der Waals surface area contributed by atoms with Gasteiger partial charge in [-0.25, -0.2) is 4.98 Å². The first-order valence-corrected chi connectivity index (χ1v) is 9.68. The molecule has 1 aromatic heterocycles. The number of carbonyl (C=O) groups excluding carboxylic acids is 1. The molecule has 0 aliphatic carbocycles. The smallest absolute Gasteiger partial charge is 0.333 e. The topological polar surface area (TPSA) is 118 Å². The Kier molecular flexibility index (Phi) is 5.38. The van der Waals surface area contributed by atoms with Crippen LogP contribution in [0, 0.1) is 0 Å². The van der Waals surface area contributed by atoms with E-state index in [-0.39, 0.29) is 17.7 Å². The van der Waals surface area contributed by atoms with Crippen molar-refractivity contribution in [2.24, 2.45) is 5.73 Å². The van der Waals surface area contributed by atoms with Crippen molar-refractivity contribution >= 4 is 14.5 Å². The summed E-state index contributed by atoms with van der Waals surface area (Å²) in [5, 5.41) is 10.0. The van der Waals surface area contributed by atoms with Crippen LogP contribution >= 0.6 is 8.60 Å². The number of aromatic nitrogens is 2. The van der Waals surface area contributed by atoms with Gasteiger partial charge in [-0.1, -0.05) is 24.3 Å². The molecule has 1 amide bonds. The number of carbonyl (C=O) groups is 1. The average Bonchev–Trinajstić information content (AvgIpc) is 3.22. The van der Waals surface area contributed by atoms with Gasteiger partial charge >= 0.3 is 8.60 Å². The summed E-state index contributed by atoms with van der Waals surface area (Å²) in [5.74, 6) is -1.07. The number of hydrogen-bond acceptors (Lipinski definition) is 7. The maximum Gasteiger partial charge on any atom is 0.333 e. The molecule has 4 rings (SSSR count). The molecule has 3 N–H and O–H groups in total. The summed E-state index contributed by atoms with van der Waals surface area (Å²) in [6.45, 7) is 1.22. The van der Waals surface area contributed by atoms with Crippen molar-refractivity contribution in [1.29, 1.82) is 0 Å². The van der Waals surface area contributed by atoms with Crippen LogP contribution in [0.3, 0.4) is 0 Å². The zero-order valence-electron chi connectivity index (χ0n) is 14.5. The molecule has 1 saturated heterocycles. The Hall–Kier alpha value is -2.03. The Morgan fingerprint density at radius 2 is 2.00 bits per heavy atom. The molecule has 10 heteroatoms. The monoisotopic (exact) mass is 393 g/mol. The van der Waals surface area contributed by atoms with E-state index >= 15 is 0 Å². The molecule has 0 bridgehead atoms. The second-order valence-corrected chi connectivity index (χ2v) is 7.54. The van der Waals surface area contributed by atoms with Gasteiger partial charge in [0, 0.05) is 0 Å². The maximum absolute atomic E-state index is 11.2. The van der Waals surface area contributed by atoms with E-state index < -0.39 is 20.7 Å². The molecule has 2 aromatic rings. The SMILES string of the molecule is NC(=O)c1ncn(C2CCC(COP3OCc4ccccc4CO3)O2)c1O. The maximum atomic E-state index is 11.2. The fourth-order valence-electron chi connectivity index (χ4n) is 3.09. The van der Waals surface area contributed by atoms with Gasteiger partial charge < -0.3 is 29.1 Å². The van der Waals surface area contributed by atoms with Crippen molar-refractivity contribution in [2.75, 3.05) is 6.61 Å². The Morgan fingerprint density at radius 3 is 2.63 bits per heavy atom. The third kappa shape index (κ3) is 3.97. The second-order valence-electron chi connectivity index (χ2n) is 6.31. The van der Waals surface area contributed by atoms with Crippen LogP contribution in [0.1, 0.15) is 40.7 Å². The normalized spacial score (nSPS) is 23.1. The fourth-order valence-corrected chi connectivity index (χ4v) is 4.09. The first-order valence-electron chi connectivity index (χ1n) is 8.58. The molecular formula is C17H20N3O6P. The van der Waals surface area contributed by atoms with Gasteiger partial charge in [0.05, 0.1) is 25.9 Å². The molecule has 1 aromatic carbocycles. The van der Waals surface area contributed by atoms with Crippen LogP contribution < -0.4 is 5.73 Å². The molecule has 0 spiro atoms. The quantitative estimate of drug-likeness (QED) is 0.749. The molecule has 144 valence electrons. The Bertz CT molecular complexity index is 802. The molecule has 0 saturated carbocycles. The minimum Gasteiger partial charge on any atom is -0.493 e. The van der Waals surface area contributed by atoms with E-state index in [1.54, 1.807) is 0 Å². The van der Waals surface area contributed by atoms with Crippen molar-refractivity contribution in [2.45, 2.75) is 38.4 Å². The molecule has 0 radical (unpaired) electrons. The number of nitrogens with two attached hydrogens (primary N) is 1. The Balaban J connectivity index is 1.29. The number of benzene rings is 1. The summed E-state index contributed by atoms with van der Waals surface area (Å²) in [4.78, 5) is 15.0. The standard InChI is InChI=1S/C17H20N3O6P/c18-16(21)15-17(22)20(10-19-15)14-6-5-13(26-14)9-25-27-23-7-11-3-1-2-4-12(11)8-24-27/h1-4,10,13-14,22H,5-9H2,(H2,18,21). The number of rotatable bonds is 5. The van der Waals surface area contributed by atoms with E-state index in [4.69, 9.17) is 24.0 Å². The van der Waals surface area contributed by atoms with E-state index in [0.717, 1.165) is 17.5 Å². The van der Waals surface area contributed by atoms with Gasteiger partial charge in [0.15, 0.2) is 5.69 Å². The summed E-state index contributed by atoms with van der Waals surface area (Å²) in [5.41, 5.74) is 7.20. The first-order chi connectivity index (χ1) is 13.1. The van der Waals surface area contributed by atoms with Gasteiger partial charge in [0.25, 0.3) is 5.91 Å². The van der Waals surface area contributed by atoms with E-state index in [0.29, 0.717) is 26.2 Å². The van der Waals surface area contributed by atoms with Crippen LogP contribution in [0.2, 0.25) is 0 Å². The molecule has 1 fully saturated rings. The van der Waals surface area contributed by atoms with Gasteiger partial charge in [-0.05, 0) is 24.0 Å². The lowest BCUT2D eigenvalue weighted by Gasteiger charge is -2.18. The molecule has 3 heterocycles. The van der Waals surface area contributed by atoms with Gasteiger partial charge in [0.2, 0.25) is 5.88 Å². The number of imidazole rings is 1. The molecule has 27 heavy (non-hydrogen) atoms. The minimum absolute atomic E-state index is 0.165. The van der Waals surface area contributed by atoms with Crippen molar-refractivity contribution in [3.05, 3.63) is 47.4 Å². The molecule has 2 aliphatic rings. The van der Waals surface area contributed by atoms with E-state index in [1.165, 1.54) is 10.9 Å². The number of nitrogens with zero attached hydrogens (tertiary/aromatic N) is 2. The Morgan fingerprint density at radius 1 is 1.30 bits per heavy atom. The number of amides is 1. The lowest BCUT2D eigenvalue weighted by atomic mass is 10.1. The predicted molar refractivity (Wildman–Crippen MR) is 94.4 cm³/mol. The summed E-state index contributed by atoms with van der Waals surface area (Å²) >= 11 is 0. The van der Waals surface area contributed by atoms with E-state index in [2.05, 4.69) is 4.98 Å².